The Labute approximate surface area is 200 Å². The van der Waals surface area contributed by atoms with E-state index in [1.165, 1.54) is 22.4 Å². The van der Waals surface area contributed by atoms with E-state index in [9.17, 15) is 5.26 Å². The number of anilines is 2. The average molecular weight is 453 g/mol. The number of nitriles is 1. The van der Waals surface area contributed by atoms with E-state index >= 15 is 0 Å². The number of rotatable bonds is 3. The summed E-state index contributed by atoms with van der Waals surface area (Å²) in [5.74, 6) is 0.839. The van der Waals surface area contributed by atoms with Crippen molar-refractivity contribution in [2.45, 2.75) is 26.8 Å². The van der Waals surface area contributed by atoms with Crippen molar-refractivity contribution < 1.29 is 0 Å². The summed E-state index contributed by atoms with van der Waals surface area (Å²) in [5, 5.41) is 11.5. The molecule has 3 aromatic carbocycles. The van der Waals surface area contributed by atoms with Gasteiger partial charge >= 0.3 is 0 Å². The van der Waals surface area contributed by atoms with Crippen molar-refractivity contribution in [3.63, 3.8) is 0 Å². The number of aryl methyl sites for hydroxylation is 3. The topological polar surface area (TPSA) is 33.5 Å². The SMILES string of the molecule is Cc1ccc([C@H]2C(C#N)=C3SCN(c4ccc(C)cc4)CN3CN2c2ccc(C)cc2)cc1. The molecule has 0 bridgehead atoms. The summed E-state index contributed by atoms with van der Waals surface area (Å²) in [6.45, 7) is 7.82. The third kappa shape index (κ3) is 4.19. The lowest BCUT2D eigenvalue weighted by Gasteiger charge is -2.48. The van der Waals surface area contributed by atoms with E-state index in [-0.39, 0.29) is 6.04 Å². The maximum Gasteiger partial charge on any atom is 0.100 e. The Hall–Kier alpha value is -3.36. The summed E-state index contributed by atoms with van der Waals surface area (Å²) in [6, 6.07) is 28.5. The van der Waals surface area contributed by atoms with Gasteiger partial charge in [-0.25, -0.2) is 0 Å². The lowest BCUT2D eigenvalue weighted by Crippen LogP contribution is -2.51. The first-order chi connectivity index (χ1) is 16.0. The normalized spacial score (nSPS) is 18.2. The summed E-state index contributed by atoms with van der Waals surface area (Å²) in [6.07, 6.45) is 0. The predicted octanol–water partition coefficient (Wildman–Crippen LogP) is 6.34. The molecular formula is C28H28N4S. The Morgan fingerprint density at radius 3 is 1.85 bits per heavy atom. The number of hydrogen-bond acceptors (Lipinski definition) is 5. The van der Waals surface area contributed by atoms with Crippen LogP contribution in [-0.2, 0) is 0 Å². The van der Waals surface area contributed by atoms with Crippen molar-refractivity contribution >= 4 is 23.1 Å². The van der Waals surface area contributed by atoms with Gasteiger partial charge in [-0.3, -0.25) is 0 Å². The number of nitrogens with zero attached hydrogens (tertiary/aromatic N) is 4. The Balaban J connectivity index is 1.56. The second kappa shape index (κ2) is 8.88. The van der Waals surface area contributed by atoms with Crippen molar-refractivity contribution in [1.29, 1.82) is 5.26 Å². The molecule has 5 heteroatoms. The smallest absolute Gasteiger partial charge is 0.100 e. The van der Waals surface area contributed by atoms with E-state index in [1.54, 1.807) is 11.8 Å². The minimum atomic E-state index is -0.0945. The van der Waals surface area contributed by atoms with E-state index < -0.39 is 0 Å². The van der Waals surface area contributed by atoms with Gasteiger partial charge in [0.25, 0.3) is 0 Å². The Bertz CT molecular complexity index is 1210. The molecule has 3 aromatic rings. The van der Waals surface area contributed by atoms with Crippen molar-refractivity contribution in [3.8, 4) is 6.07 Å². The van der Waals surface area contributed by atoms with E-state index in [0.717, 1.165) is 41.1 Å². The minimum Gasteiger partial charge on any atom is -0.344 e. The fourth-order valence-corrected chi connectivity index (χ4v) is 5.64. The lowest BCUT2D eigenvalue weighted by molar-refractivity contribution is 0.326. The standard InChI is InChI=1S/C28H28N4S/c1-20-4-10-23(11-5-20)27-26(16-29)28-30(18-32(27)25-14-8-22(3)9-15-25)17-31(19-33-28)24-12-6-21(2)7-13-24/h4-15,27H,17-19H2,1-3H3/t27-/m0/s1. The van der Waals surface area contributed by atoms with E-state index in [4.69, 9.17) is 0 Å². The van der Waals surface area contributed by atoms with Crippen LogP contribution in [0.15, 0.2) is 83.4 Å². The lowest BCUT2D eigenvalue weighted by atomic mass is 9.95. The molecule has 166 valence electrons. The van der Waals surface area contributed by atoms with Gasteiger partial charge in [0.15, 0.2) is 0 Å². The second-order valence-corrected chi connectivity index (χ2v) is 9.85. The Morgan fingerprint density at radius 2 is 1.27 bits per heavy atom. The molecule has 1 fully saturated rings. The van der Waals surface area contributed by atoms with Crippen LogP contribution in [0.4, 0.5) is 11.4 Å². The average Bonchev–Trinajstić information content (AvgIpc) is 2.84. The molecule has 0 unspecified atom stereocenters. The van der Waals surface area contributed by atoms with Crippen LogP contribution >= 0.6 is 11.8 Å². The Morgan fingerprint density at radius 1 is 0.727 bits per heavy atom. The number of thioether (sulfide) groups is 1. The zero-order valence-electron chi connectivity index (χ0n) is 19.3. The number of benzene rings is 3. The third-order valence-corrected chi connectivity index (χ3v) is 7.59. The predicted molar refractivity (Wildman–Crippen MR) is 138 cm³/mol. The highest BCUT2D eigenvalue weighted by molar-refractivity contribution is 8.03. The van der Waals surface area contributed by atoms with Crippen LogP contribution in [0.3, 0.4) is 0 Å². The van der Waals surface area contributed by atoms with Crippen LogP contribution in [0.1, 0.15) is 28.3 Å². The summed E-state index contributed by atoms with van der Waals surface area (Å²) in [7, 11) is 0. The summed E-state index contributed by atoms with van der Waals surface area (Å²) < 4.78 is 0. The molecule has 0 aliphatic carbocycles. The first kappa shape index (κ1) is 21.5. The molecular weight excluding hydrogens is 424 g/mol. The molecule has 1 saturated heterocycles. The molecule has 2 aliphatic rings. The second-order valence-electron chi connectivity index (χ2n) is 8.92. The molecule has 0 radical (unpaired) electrons. The molecule has 0 saturated carbocycles. The zero-order chi connectivity index (χ0) is 22.9. The number of hydrogen-bond donors (Lipinski definition) is 0. The first-order valence-corrected chi connectivity index (χ1v) is 12.3. The first-order valence-electron chi connectivity index (χ1n) is 11.3. The van der Waals surface area contributed by atoms with Crippen molar-refractivity contribution in [2.24, 2.45) is 0 Å². The molecule has 5 rings (SSSR count). The van der Waals surface area contributed by atoms with Crippen molar-refractivity contribution in [2.75, 3.05) is 29.0 Å². The third-order valence-electron chi connectivity index (χ3n) is 6.40. The van der Waals surface area contributed by atoms with E-state index in [2.05, 4.69) is 114 Å². The van der Waals surface area contributed by atoms with Gasteiger partial charge < -0.3 is 14.7 Å². The van der Waals surface area contributed by atoms with E-state index in [0.29, 0.717) is 0 Å². The molecule has 0 N–H and O–H groups in total. The molecule has 0 aromatic heterocycles. The van der Waals surface area contributed by atoms with Crippen LogP contribution in [0, 0.1) is 32.1 Å². The van der Waals surface area contributed by atoms with Gasteiger partial charge in [0.05, 0.1) is 35.9 Å². The monoisotopic (exact) mass is 452 g/mol. The molecule has 2 aliphatic heterocycles. The highest BCUT2D eigenvalue weighted by atomic mass is 32.2. The summed E-state index contributed by atoms with van der Waals surface area (Å²) in [4.78, 5) is 7.09. The maximum atomic E-state index is 10.4. The minimum absolute atomic E-state index is 0.0945. The van der Waals surface area contributed by atoms with Gasteiger partial charge in [0.2, 0.25) is 0 Å². The van der Waals surface area contributed by atoms with Gasteiger partial charge in [0, 0.05) is 11.4 Å². The van der Waals surface area contributed by atoms with Crippen LogP contribution in [0.2, 0.25) is 0 Å². The number of fused-ring (bicyclic) bond motifs is 1. The summed E-state index contributed by atoms with van der Waals surface area (Å²) in [5.41, 5.74) is 8.07. The molecule has 4 nitrogen and oxygen atoms in total. The molecule has 0 amide bonds. The van der Waals surface area contributed by atoms with Crippen molar-refractivity contribution in [1.82, 2.24) is 4.90 Å². The zero-order valence-corrected chi connectivity index (χ0v) is 20.1. The maximum absolute atomic E-state index is 10.4. The van der Waals surface area contributed by atoms with Gasteiger partial charge in [-0.05, 0) is 50.6 Å². The molecule has 33 heavy (non-hydrogen) atoms. The van der Waals surface area contributed by atoms with Crippen LogP contribution in [-0.4, -0.2) is 24.1 Å². The Kier molecular flexibility index (Phi) is 5.78. The highest BCUT2D eigenvalue weighted by Gasteiger charge is 2.38. The van der Waals surface area contributed by atoms with Gasteiger partial charge in [-0.2, -0.15) is 5.26 Å². The molecule has 0 spiro atoms. The van der Waals surface area contributed by atoms with Crippen LogP contribution < -0.4 is 9.80 Å². The largest absolute Gasteiger partial charge is 0.344 e. The van der Waals surface area contributed by atoms with E-state index in [1.807, 2.05) is 0 Å². The van der Waals surface area contributed by atoms with Crippen LogP contribution in [0.25, 0.3) is 0 Å². The fraction of sp³-hybridized carbons (Fsp3) is 0.250. The summed E-state index contributed by atoms with van der Waals surface area (Å²) >= 11 is 1.77. The fourth-order valence-electron chi connectivity index (χ4n) is 4.52. The van der Waals surface area contributed by atoms with Gasteiger partial charge in [0.1, 0.15) is 6.07 Å². The molecule has 1 atom stereocenters. The highest BCUT2D eigenvalue weighted by Crippen LogP contribution is 2.44. The quantitative estimate of drug-likeness (QED) is 0.463. The van der Waals surface area contributed by atoms with Crippen molar-refractivity contribution in [3.05, 3.63) is 106 Å². The van der Waals surface area contributed by atoms with Crippen LogP contribution in [0.5, 0.6) is 0 Å². The van der Waals surface area contributed by atoms with Gasteiger partial charge in [-0.15, -0.1) is 0 Å². The molecule has 2 heterocycles. The van der Waals surface area contributed by atoms with Gasteiger partial charge in [-0.1, -0.05) is 77.0 Å².